The maximum absolute atomic E-state index is 11.7. The fraction of sp³-hybridized carbons (Fsp3) is 0.167. The zero-order valence-electron chi connectivity index (χ0n) is 9.26. The molecule has 2 heterocycles. The van der Waals surface area contributed by atoms with Crippen LogP contribution in [0.1, 0.15) is 22.3 Å². The van der Waals surface area contributed by atoms with Crippen molar-refractivity contribution in [2.45, 2.75) is 13.5 Å². The Bertz CT molecular complexity index is 556. The molecule has 5 heteroatoms. The molecule has 2 aromatic rings. The molecule has 0 radical (unpaired) electrons. The molecule has 0 saturated heterocycles. The molecule has 0 spiro atoms. The molecule has 0 unspecified atom stereocenters. The van der Waals surface area contributed by atoms with Gasteiger partial charge in [0.25, 0.3) is 0 Å². The number of thiophene rings is 1. The number of hydrogen-bond acceptors (Lipinski definition) is 3. The van der Waals surface area contributed by atoms with E-state index < -0.39 is 0 Å². The number of allylic oxidation sites excluding steroid dienone is 1. The van der Waals surface area contributed by atoms with Crippen LogP contribution in [-0.2, 0) is 6.54 Å². The summed E-state index contributed by atoms with van der Waals surface area (Å²) >= 11 is 7.05. The number of hydrogen-bond donors (Lipinski definition) is 0. The molecule has 0 saturated carbocycles. The highest BCUT2D eigenvalue weighted by atomic mass is 35.5. The van der Waals surface area contributed by atoms with Crippen LogP contribution in [0.4, 0.5) is 0 Å². The summed E-state index contributed by atoms with van der Waals surface area (Å²) in [5.41, 5.74) is 0.780. The maximum atomic E-state index is 11.7. The SMILES string of the molecule is CCn1ccc(/C=C/C(=O)c2ccc(Cl)s2)n1. The van der Waals surface area contributed by atoms with Crippen LogP contribution in [0.5, 0.6) is 0 Å². The molecule has 0 N–H and O–H groups in total. The van der Waals surface area contributed by atoms with Crippen LogP contribution in [0.3, 0.4) is 0 Å². The average molecular weight is 267 g/mol. The molecule has 88 valence electrons. The lowest BCUT2D eigenvalue weighted by Gasteiger charge is -1.90. The molecule has 0 aliphatic heterocycles. The highest BCUT2D eigenvalue weighted by Gasteiger charge is 2.05. The second-order valence-corrected chi connectivity index (χ2v) is 5.11. The van der Waals surface area contributed by atoms with Crippen molar-refractivity contribution in [2.24, 2.45) is 0 Å². The van der Waals surface area contributed by atoms with E-state index in [1.165, 1.54) is 17.4 Å². The molecule has 2 aromatic heterocycles. The Balaban J connectivity index is 2.08. The standard InChI is InChI=1S/C12H11ClN2OS/c1-2-15-8-7-9(14-15)3-4-10(16)11-5-6-12(13)17-11/h3-8H,2H2,1H3/b4-3+. The molecule has 0 atom stereocenters. The van der Waals surface area contributed by atoms with Crippen molar-refractivity contribution in [1.82, 2.24) is 9.78 Å². The van der Waals surface area contributed by atoms with E-state index in [2.05, 4.69) is 5.10 Å². The number of ketones is 1. The molecule has 0 aromatic carbocycles. The summed E-state index contributed by atoms with van der Waals surface area (Å²) in [4.78, 5) is 12.4. The van der Waals surface area contributed by atoms with E-state index in [0.29, 0.717) is 9.21 Å². The normalized spacial score (nSPS) is 11.2. The third-order valence-electron chi connectivity index (χ3n) is 2.21. The van der Waals surface area contributed by atoms with Crippen molar-refractivity contribution >= 4 is 34.8 Å². The van der Waals surface area contributed by atoms with Gasteiger partial charge in [-0.1, -0.05) is 11.6 Å². The van der Waals surface area contributed by atoms with Gasteiger partial charge < -0.3 is 0 Å². The van der Waals surface area contributed by atoms with Crippen LogP contribution in [-0.4, -0.2) is 15.6 Å². The minimum Gasteiger partial charge on any atom is -0.288 e. The Hall–Kier alpha value is -1.39. The van der Waals surface area contributed by atoms with Gasteiger partial charge in [-0.2, -0.15) is 5.10 Å². The number of aryl methyl sites for hydroxylation is 1. The first kappa shape index (κ1) is 12.1. The van der Waals surface area contributed by atoms with Crippen molar-refractivity contribution in [2.75, 3.05) is 0 Å². The maximum Gasteiger partial charge on any atom is 0.195 e. The Kier molecular flexibility index (Phi) is 3.76. The van der Waals surface area contributed by atoms with E-state index >= 15 is 0 Å². The summed E-state index contributed by atoms with van der Waals surface area (Å²) in [7, 11) is 0. The predicted molar refractivity (Wildman–Crippen MR) is 70.6 cm³/mol. The minimum atomic E-state index is -0.0482. The fourth-order valence-corrected chi connectivity index (χ4v) is 2.30. The molecular formula is C12H11ClN2OS. The summed E-state index contributed by atoms with van der Waals surface area (Å²) in [5.74, 6) is -0.0482. The lowest BCUT2D eigenvalue weighted by atomic mass is 10.3. The third kappa shape index (κ3) is 3.05. The first-order valence-corrected chi connectivity index (χ1v) is 6.39. The summed E-state index contributed by atoms with van der Waals surface area (Å²) in [6.45, 7) is 2.83. The Labute approximate surface area is 108 Å². The van der Waals surface area contributed by atoms with E-state index in [9.17, 15) is 4.79 Å². The van der Waals surface area contributed by atoms with Crippen molar-refractivity contribution < 1.29 is 4.79 Å². The van der Waals surface area contributed by atoms with Gasteiger partial charge in [0.05, 0.1) is 14.9 Å². The van der Waals surface area contributed by atoms with Gasteiger partial charge in [-0.15, -0.1) is 11.3 Å². The monoisotopic (exact) mass is 266 g/mol. The van der Waals surface area contributed by atoms with Crippen molar-refractivity contribution in [3.63, 3.8) is 0 Å². The lowest BCUT2D eigenvalue weighted by Crippen LogP contribution is -1.94. The van der Waals surface area contributed by atoms with Gasteiger partial charge in [-0.05, 0) is 37.3 Å². The zero-order chi connectivity index (χ0) is 12.3. The van der Waals surface area contributed by atoms with E-state index in [0.717, 1.165) is 12.2 Å². The third-order valence-corrected chi connectivity index (χ3v) is 3.45. The smallest absolute Gasteiger partial charge is 0.195 e. The number of aromatic nitrogens is 2. The van der Waals surface area contributed by atoms with Crippen LogP contribution in [0.25, 0.3) is 6.08 Å². The zero-order valence-corrected chi connectivity index (χ0v) is 10.8. The molecule has 0 bridgehead atoms. The van der Waals surface area contributed by atoms with Crippen LogP contribution in [0, 0.1) is 0 Å². The topological polar surface area (TPSA) is 34.9 Å². The van der Waals surface area contributed by atoms with Gasteiger partial charge in [0, 0.05) is 12.7 Å². The van der Waals surface area contributed by atoms with Gasteiger partial charge in [-0.25, -0.2) is 0 Å². The fourth-order valence-electron chi connectivity index (χ4n) is 1.33. The summed E-state index contributed by atoms with van der Waals surface area (Å²) < 4.78 is 2.43. The molecule has 0 amide bonds. The van der Waals surface area contributed by atoms with Crippen LogP contribution < -0.4 is 0 Å². The van der Waals surface area contributed by atoms with E-state index in [1.54, 1.807) is 18.2 Å². The van der Waals surface area contributed by atoms with E-state index in [1.807, 2.05) is 23.9 Å². The highest BCUT2D eigenvalue weighted by Crippen LogP contribution is 2.22. The van der Waals surface area contributed by atoms with Crippen LogP contribution in [0.15, 0.2) is 30.5 Å². The average Bonchev–Trinajstić information content (AvgIpc) is 2.94. The first-order valence-electron chi connectivity index (χ1n) is 5.20. The van der Waals surface area contributed by atoms with Gasteiger partial charge in [0.2, 0.25) is 0 Å². The largest absolute Gasteiger partial charge is 0.288 e. The van der Waals surface area contributed by atoms with E-state index in [-0.39, 0.29) is 5.78 Å². The Morgan fingerprint density at radius 1 is 1.53 bits per heavy atom. The van der Waals surface area contributed by atoms with Crippen molar-refractivity contribution in [3.05, 3.63) is 45.4 Å². The first-order chi connectivity index (χ1) is 8.19. The Morgan fingerprint density at radius 2 is 2.35 bits per heavy atom. The summed E-state index contributed by atoms with van der Waals surface area (Å²) in [5, 5.41) is 4.25. The number of carbonyl (C=O) groups is 1. The molecular weight excluding hydrogens is 256 g/mol. The van der Waals surface area contributed by atoms with Crippen molar-refractivity contribution in [3.8, 4) is 0 Å². The summed E-state index contributed by atoms with van der Waals surface area (Å²) in [6.07, 6.45) is 5.11. The molecule has 17 heavy (non-hydrogen) atoms. The Morgan fingerprint density at radius 3 is 2.94 bits per heavy atom. The van der Waals surface area contributed by atoms with Gasteiger partial charge >= 0.3 is 0 Å². The van der Waals surface area contributed by atoms with Crippen LogP contribution >= 0.6 is 22.9 Å². The second kappa shape index (κ2) is 5.29. The molecule has 3 nitrogen and oxygen atoms in total. The quantitative estimate of drug-likeness (QED) is 0.627. The van der Waals surface area contributed by atoms with Gasteiger partial charge in [-0.3, -0.25) is 9.48 Å². The van der Waals surface area contributed by atoms with Gasteiger partial charge in [0.1, 0.15) is 0 Å². The van der Waals surface area contributed by atoms with Crippen LogP contribution in [0.2, 0.25) is 4.34 Å². The highest BCUT2D eigenvalue weighted by molar-refractivity contribution is 7.18. The number of halogens is 1. The van der Waals surface area contributed by atoms with Crippen molar-refractivity contribution in [1.29, 1.82) is 0 Å². The predicted octanol–water partition coefficient (Wildman–Crippen LogP) is 3.51. The molecule has 0 aliphatic rings. The number of rotatable bonds is 4. The number of nitrogens with zero attached hydrogens (tertiary/aromatic N) is 2. The van der Waals surface area contributed by atoms with E-state index in [4.69, 9.17) is 11.6 Å². The molecule has 2 rings (SSSR count). The minimum absolute atomic E-state index is 0.0482. The second-order valence-electron chi connectivity index (χ2n) is 3.40. The van der Waals surface area contributed by atoms with Gasteiger partial charge in [0.15, 0.2) is 5.78 Å². The molecule has 0 aliphatic carbocycles. The lowest BCUT2D eigenvalue weighted by molar-refractivity contribution is 0.105. The number of carbonyl (C=O) groups excluding carboxylic acids is 1. The molecule has 0 fully saturated rings. The summed E-state index contributed by atoms with van der Waals surface area (Å²) in [6, 6.07) is 5.32.